The SMILES string of the molecule is COCCc1cccc(F)c1-c1c(C)cc2c(N3CC4CCC(C3)N4)nc(N3CC(N(C)C)C3)nc2c1F. The molecule has 3 aliphatic rings. The number of aromatic nitrogens is 2. The van der Waals surface area contributed by atoms with Crippen LogP contribution in [0.25, 0.3) is 22.0 Å². The Morgan fingerprint density at radius 1 is 1.03 bits per heavy atom. The fourth-order valence-corrected chi connectivity index (χ4v) is 6.20. The molecule has 9 heteroatoms. The summed E-state index contributed by atoms with van der Waals surface area (Å²) >= 11 is 0. The van der Waals surface area contributed by atoms with Gasteiger partial charge in [0.2, 0.25) is 5.95 Å². The molecule has 7 nitrogen and oxygen atoms in total. The quantitative estimate of drug-likeness (QED) is 0.507. The van der Waals surface area contributed by atoms with E-state index in [1.165, 1.54) is 6.07 Å². The average Bonchev–Trinajstić information content (AvgIpc) is 3.20. The number of nitrogens with one attached hydrogen (secondary N) is 1. The van der Waals surface area contributed by atoms with Crippen molar-refractivity contribution >= 4 is 22.7 Å². The third-order valence-corrected chi connectivity index (χ3v) is 8.41. The van der Waals surface area contributed by atoms with Gasteiger partial charge >= 0.3 is 0 Å². The number of rotatable bonds is 7. The van der Waals surface area contributed by atoms with Gasteiger partial charge in [0.25, 0.3) is 0 Å². The predicted octanol–water partition coefficient (Wildman–Crippen LogP) is 3.76. The van der Waals surface area contributed by atoms with E-state index in [4.69, 9.17) is 14.7 Å². The third-order valence-electron chi connectivity index (χ3n) is 8.41. The van der Waals surface area contributed by atoms with Gasteiger partial charge in [-0.15, -0.1) is 0 Å². The van der Waals surface area contributed by atoms with E-state index in [1.54, 1.807) is 13.2 Å². The molecule has 0 amide bonds. The van der Waals surface area contributed by atoms with Crippen molar-refractivity contribution in [3.8, 4) is 11.1 Å². The number of anilines is 2. The van der Waals surface area contributed by atoms with Crippen LogP contribution in [0.3, 0.4) is 0 Å². The number of ether oxygens (including phenoxy) is 1. The summed E-state index contributed by atoms with van der Waals surface area (Å²) < 4.78 is 37.2. The highest BCUT2D eigenvalue weighted by Gasteiger charge is 2.36. The van der Waals surface area contributed by atoms with Gasteiger partial charge < -0.3 is 24.8 Å². The van der Waals surface area contributed by atoms with Gasteiger partial charge in [-0.25, -0.2) is 13.8 Å². The van der Waals surface area contributed by atoms with Crippen LogP contribution in [0.1, 0.15) is 24.0 Å². The number of fused-ring (bicyclic) bond motifs is 3. The Balaban J connectivity index is 1.51. The summed E-state index contributed by atoms with van der Waals surface area (Å²) in [6, 6.07) is 8.08. The number of piperazine rings is 1. The molecule has 1 N–H and O–H groups in total. The molecule has 38 heavy (non-hydrogen) atoms. The molecule has 3 saturated heterocycles. The first-order valence-electron chi connectivity index (χ1n) is 13.5. The van der Waals surface area contributed by atoms with Crippen LogP contribution in [0, 0.1) is 18.6 Å². The molecule has 0 saturated carbocycles. The molecule has 2 aromatic carbocycles. The lowest BCUT2D eigenvalue weighted by Gasteiger charge is -2.43. The molecule has 2 unspecified atom stereocenters. The Morgan fingerprint density at radius 2 is 1.76 bits per heavy atom. The largest absolute Gasteiger partial charge is 0.384 e. The Hall–Kier alpha value is -2.88. The van der Waals surface area contributed by atoms with Crippen LogP contribution in [0.4, 0.5) is 20.5 Å². The van der Waals surface area contributed by atoms with Crippen molar-refractivity contribution < 1.29 is 13.5 Å². The van der Waals surface area contributed by atoms with Crippen molar-refractivity contribution in [1.29, 1.82) is 0 Å². The second kappa shape index (κ2) is 10.0. The number of halogens is 2. The van der Waals surface area contributed by atoms with E-state index in [2.05, 4.69) is 34.1 Å². The molecule has 2 atom stereocenters. The van der Waals surface area contributed by atoms with E-state index in [-0.39, 0.29) is 11.1 Å². The van der Waals surface area contributed by atoms with Gasteiger partial charge in [-0.3, -0.25) is 0 Å². The predicted molar refractivity (Wildman–Crippen MR) is 147 cm³/mol. The highest BCUT2D eigenvalue weighted by atomic mass is 19.1. The number of nitrogens with zero attached hydrogens (tertiary/aromatic N) is 5. The van der Waals surface area contributed by atoms with E-state index in [1.807, 2.05) is 19.1 Å². The Bertz CT molecular complexity index is 1350. The third kappa shape index (κ3) is 4.40. The van der Waals surface area contributed by atoms with Crippen molar-refractivity contribution in [3.63, 3.8) is 0 Å². The molecule has 3 aliphatic heterocycles. The zero-order valence-corrected chi connectivity index (χ0v) is 22.6. The lowest BCUT2D eigenvalue weighted by Crippen LogP contribution is -2.58. The summed E-state index contributed by atoms with van der Waals surface area (Å²) in [6.07, 6.45) is 2.77. The highest BCUT2D eigenvalue weighted by molar-refractivity contribution is 5.96. The molecule has 2 bridgehead atoms. The molecule has 0 aliphatic carbocycles. The van der Waals surface area contributed by atoms with Crippen LogP contribution in [0.5, 0.6) is 0 Å². The van der Waals surface area contributed by atoms with Crippen LogP contribution < -0.4 is 15.1 Å². The maximum absolute atomic E-state index is 16.6. The summed E-state index contributed by atoms with van der Waals surface area (Å²) in [6.45, 7) is 5.52. The normalized spacial score (nSPS) is 21.6. The maximum atomic E-state index is 16.6. The molecular formula is C29H36F2N6O. The standard InChI is InChI=1S/C29H36F2N6O/c1-17-12-22-27(26(31)24(17)25-18(10-11-38-4)6-5-7-23(25)30)33-29(37-15-21(16-37)35(2)3)34-28(22)36-13-19-8-9-20(14-36)32-19/h5-7,12,19-21,32H,8-11,13-16H2,1-4H3. The van der Waals surface area contributed by atoms with Crippen molar-refractivity contribution in [3.05, 3.63) is 47.0 Å². The van der Waals surface area contributed by atoms with Crippen LogP contribution >= 0.6 is 0 Å². The summed E-state index contributed by atoms with van der Waals surface area (Å²) in [7, 11) is 5.74. The molecular weight excluding hydrogens is 486 g/mol. The van der Waals surface area contributed by atoms with Crippen molar-refractivity contribution in [1.82, 2.24) is 20.2 Å². The van der Waals surface area contributed by atoms with Crippen LogP contribution in [0.15, 0.2) is 24.3 Å². The lowest BCUT2D eigenvalue weighted by molar-refractivity contribution is 0.202. The second-order valence-electron chi connectivity index (χ2n) is 11.2. The Morgan fingerprint density at radius 3 is 2.45 bits per heavy atom. The first-order chi connectivity index (χ1) is 18.3. The number of hydrogen-bond donors (Lipinski definition) is 1. The molecule has 1 aromatic heterocycles. The van der Waals surface area contributed by atoms with E-state index in [0.29, 0.717) is 53.6 Å². The topological polar surface area (TPSA) is 56.8 Å². The zero-order chi connectivity index (χ0) is 26.6. The number of likely N-dealkylation sites (N-methyl/N-ethyl adjacent to an activating group) is 1. The van der Waals surface area contributed by atoms with Gasteiger partial charge in [-0.2, -0.15) is 4.98 Å². The van der Waals surface area contributed by atoms with Crippen LogP contribution in [-0.4, -0.2) is 87.0 Å². The smallest absolute Gasteiger partial charge is 0.228 e. The molecule has 3 aromatic rings. The highest BCUT2D eigenvalue weighted by Crippen LogP contribution is 2.40. The van der Waals surface area contributed by atoms with Crippen LogP contribution in [0.2, 0.25) is 0 Å². The monoisotopic (exact) mass is 522 g/mol. The Kier molecular flexibility index (Phi) is 6.70. The van der Waals surface area contributed by atoms with Gasteiger partial charge in [-0.05, 0) is 63.5 Å². The molecule has 202 valence electrons. The van der Waals surface area contributed by atoms with Gasteiger partial charge in [0, 0.05) is 67.9 Å². The number of aryl methyl sites for hydroxylation is 1. The van der Waals surface area contributed by atoms with E-state index in [0.717, 1.165) is 50.4 Å². The number of hydrogen-bond acceptors (Lipinski definition) is 7. The molecule has 3 fully saturated rings. The lowest BCUT2D eigenvalue weighted by atomic mass is 9.92. The van der Waals surface area contributed by atoms with Crippen molar-refractivity contribution in [2.24, 2.45) is 0 Å². The molecule has 0 radical (unpaired) electrons. The van der Waals surface area contributed by atoms with Crippen molar-refractivity contribution in [2.75, 3.05) is 63.8 Å². The summed E-state index contributed by atoms with van der Waals surface area (Å²) in [5.41, 5.74) is 2.21. The number of benzene rings is 2. The first kappa shape index (κ1) is 25.4. The van der Waals surface area contributed by atoms with E-state index >= 15 is 8.78 Å². The van der Waals surface area contributed by atoms with E-state index < -0.39 is 11.6 Å². The minimum atomic E-state index is -0.489. The zero-order valence-electron chi connectivity index (χ0n) is 22.6. The second-order valence-corrected chi connectivity index (χ2v) is 11.2. The molecule has 6 rings (SSSR count). The molecule has 0 spiro atoms. The summed E-state index contributed by atoms with van der Waals surface area (Å²) in [4.78, 5) is 16.4. The summed E-state index contributed by atoms with van der Waals surface area (Å²) in [5, 5.41) is 4.36. The van der Waals surface area contributed by atoms with Gasteiger partial charge in [-0.1, -0.05) is 12.1 Å². The van der Waals surface area contributed by atoms with Gasteiger partial charge in [0.1, 0.15) is 17.2 Å². The van der Waals surface area contributed by atoms with Crippen molar-refractivity contribution in [2.45, 2.75) is 44.3 Å². The number of methoxy groups -OCH3 is 1. The minimum absolute atomic E-state index is 0.255. The Labute approximate surface area is 222 Å². The average molecular weight is 523 g/mol. The van der Waals surface area contributed by atoms with Gasteiger partial charge in [0.05, 0.1) is 6.61 Å². The maximum Gasteiger partial charge on any atom is 0.228 e. The molecule has 4 heterocycles. The van der Waals surface area contributed by atoms with E-state index in [9.17, 15) is 0 Å². The minimum Gasteiger partial charge on any atom is -0.384 e. The van der Waals surface area contributed by atoms with Crippen LogP contribution in [-0.2, 0) is 11.2 Å². The fraction of sp³-hybridized carbons (Fsp3) is 0.517. The summed E-state index contributed by atoms with van der Waals surface area (Å²) in [5.74, 6) is 0.387. The first-order valence-corrected chi connectivity index (χ1v) is 13.5. The fourth-order valence-electron chi connectivity index (χ4n) is 6.20. The van der Waals surface area contributed by atoms with Gasteiger partial charge in [0.15, 0.2) is 5.82 Å².